The smallest absolute Gasteiger partial charge is 0.279 e. The van der Waals surface area contributed by atoms with Crippen LogP contribution in [0.5, 0.6) is 5.75 Å². The molecule has 0 radical (unpaired) electrons. The minimum absolute atomic E-state index is 0.0846. The number of para-hydroxylation sites is 2. The van der Waals surface area contributed by atoms with Gasteiger partial charge in [0, 0.05) is 5.69 Å². The molecule has 2 aromatic rings. The van der Waals surface area contributed by atoms with Gasteiger partial charge in [0.1, 0.15) is 5.75 Å². The van der Waals surface area contributed by atoms with Crippen molar-refractivity contribution in [2.75, 3.05) is 49.5 Å². The van der Waals surface area contributed by atoms with Crippen LogP contribution in [0.25, 0.3) is 0 Å². The van der Waals surface area contributed by atoms with Crippen molar-refractivity contribution in [2.24, 2.45) is 0 Å². The van der Waals surface area contributed by atoms with Crippen LogP contribution in [0.15, 0.2) is 48.5 Å². The first kappa shape index (κ1) is 19.2. The quantitative estimate of drug-likeness (QED) is 0.786. The first-order valence-corrected chi connectivity index (χ1v) is 9.88. The number of benzene rings is 2. The van der Waals surface area contributed by atoms with Crippen molar-refractivity contribution in [1.29, 1.82) is 0 Å². The number of nitrogens with one attached hydrogen (secondary N) is 2. The molecule has 0 unspecified atom stereocenters. The maximum atomic E-state index is 12.4. The standard InChI is InChI=1S/C22H29N3O2/c1-3-18-8-7-9-19(16-18)23-22(26)17-24-12-14-25(15-13-24)20-10-5-6-11-21(20)27-4-2/h5-11,16H,3-4,12-15,17H2,1-2H3,(H,23,26)/p+1. The summed E-state index contributed by atoms with van der Waals surface area (Å²) in [5, 5.41) is 3.04. The lowest BCUT2D eigenvalue weighted by Gasteiger charge is -2.34. The zero-order chi connectivity index (χ0) is 19.1. The zero-order valence-corrected chi connectivity index (χ0v) is 16.3. The molecule has 1 aliphatic rings. The molecular formula is C22H30N3O2+. The summed E-state index contributed by atoms with van der Waals surface area (Å²) >= 11 is 0. The Bertz CT molecular complexity index is 755. The number of piperazine rings is 1. The number of quaternary nitrogens is 1. The van der Waals surface area contributed by atoms with Gasteiger partial charge in [-0.1, -0.05) is 31.2 Å². The van der Waals surface area contributed by atoms with Crippen molar-refractivity contribution in [2.45, 2.75) is 20.3 Å². The van der Waals surface area contributed by atoms with Gasteiger partial charge in [0.25, 0.3) is 5.91 Å². The van der Waals surface area contributed by atoms with Gasteiger partial charge in [-0.3, -0.25) is 4.79 Å². The monoisotopic (exact) mass is 368 g/mol. The largest absolute Gasteiger partial charge is 0.492 e. The van der Waals surface area contributed by atoms with E-state index in [4.69, 9.17) is 4.74 Å². The Balaban J connectivity index is 1.51. The van der Waals surface area contributed by atoms with Crippen molar-refractivity contribution in [3.63, 3.8) is 0 Å². The fraction of sp³-hybridized carbons (Fsp3) is 0.409. The van der Waals surface area contributed by atoms with Crippen molar-refractivity contribution in [3.05, 3.63) is 54.1 Å². The van der Waals surface area contributed by atoms with Crippen LogP contribution in [0, 0.1) is 0 Å². The summed E-state index contributed by atoms with van der Waals surface area (Å²) in [5.41, 5.74) is 3.28. The highest BCUT2D eigenvalue weighted by atomic mass is 16.5. The summed E-state index contributed by atoms with van der Waals surface area (Å²) in [5.74, 6) is 1.03. The van der Waals surface area contributed by atoms with Gasteiger partial charge in [0.05, 0.1) is 38.5 Å². The molecule has 2 aromatic carbocycles. The number of ether oxygens (including phenoxy) is 1. The Morgan fingerprint density at radius 2 is 1.89 bits per heavy atom. The van der Waals surface area contributed by atoms with E-state index in [0.29, 0.717) is 13.2 Å². The van der Waals surface area contributed by atoms with E-state index in [0.717, 1.165) is 49.7 Å². The summed E-state index contributed by atoms with van der Waals surface area (Å²) in [6, 6.07) is 16.3. The van der Waals surface area contributed by atoms with Gasteiger partial charge >= 0.3 is 0 Å². The third-order valence-corrected chi connectivity index (χ3v) is 5.01. The lowest BCUT2D eigenvalue weighted by atomic mass is 10.1. The van der Waals surface area contributed by atoms with E-state index in [1.54, 1.807) is 0 Å². The third kappa shape index (κ3) is 5.23. The van der Waals surface area contributed by atoms with Crippen LogP contribution < -0.4 is 19.9 Å². The summed E-state index contributed by atoms with van der Waals surface area (Å²) in [6.07, 6.45) is 0.972. The van der Waals surface area contributed by atoms with Crippen molar-refractivity contribution in [3.8, 4) is 5.75 Å². The molecule has 0 saturated carbocycles. The Morgan fingerprint density at radius 3 is 2.63 bits per heavy atom. The van der Waals surface area contributed by atoms with Crippen LogP contribution in [0.1, 0.15) is 19.4 Å². The summed E-state index contributed by atoms with van der Waals surface area (Å²) < 4.78 is 5.75. The van der Waals surface area contributed by atoms with E-state index < -0.39 is 0 Å². The average molecular weight is 369 g/mol. The number of hydrogen-bond donors (Lipinski definition) is 2. The number of amides is 1. The second-order valence-corrected chi connectivity index (χ2v) is 6.92. The molecular weight excluding hydrogens is 338 g/mol. The summed E-state index contributed by atoms with van der Waals surface area (Å²) in [7, 11) is 0. The van der Waals surface area contributed by atoms with Gasteiger partial charge < -0.3 is 19.9 Å². The number of carbonyl (C=O) groups excluding carboxylic acids is 1. The Morgan fingerprint density at radius 1 is 1.11 bits per heavy atom. The Kier molecular flexibility index (Phi) is 6.71. The molecule has 0 aliphatic carbocycles. The van der Waals surface area contributed by atoms with Crippen molar-refractivity contribution in [1.82, 2.24) is 0 Å². The average Bonchev–Trinajstić information content (AvgIpc) is 2.69. The number of rotatable bonds is 7. The number of aryl methyl sites for hydroxylation is 1. The minimum atomic E-state index is 0.0846. The fourth-order valence-corrected chi connectivity index (χ4v) is 3.54. The molecule has 1 saturated heterocycles. The SMILES string of the molecule is CCOc1ccccc1N1CC[NH+](CC(=O)Nc2cccc(CC)c2)CC1. The van der Waals surface area contributed by atoms with Gasteiger partial charge in [-0.05, 0) is 43.2 Å². The van der Waals surface area contributed by atoms with E-state index in [1.165, 1.54) is 10.5 Å². The molecule has 5 nitrogen and oxygen atoms in total. The van der Waals surface area contributed by atoms with Crippen LogP contribution in [0.3, 0.4) is 0 Å². The van der Waals surface area contributed by atoms with Crippen LogP contribution in [-0.4, -0.2) is 45.2 Å². The summed E-state index contributed by atoms with van der Waals surface area (Å²) in [6.45, 7) is 9.06. The first-order chi connectivity index (χ1) is 13.2. The predicted molar refractivity (Wildman–Crippen MR) is 110 cm³/mol. The number of nitrogens with zero attached hydrogens (tertiary/aromatic N) is 1. The van der Waals surface area contributed by atoms with Gasteiger partial charge in [-0.25, -0.2) is 0 Å². The normalized spacial score (nSPS) is 14.8. The molecule has 1 aliphatic heterocycles. The molecule has 1 fully saturated rings. The van der Waals surface area contributed by atoms with Gasteiger partial charge in [0.2, 0.25) is 0 Å². The highest BCUT2D eigenvalue weighted by molar-refractivity contribution is 5.91. The molecule has 0 spiro atoms. The van der Waals surface area contributed by atoms with E-state index in [-0.39, 0.29) is 5.91 Å². The fourth-order valence-electron chi connectivity index (χ4n) is 3.54. The van der Waals surface area contributed by atoms with E-state index in [2.05, 4.69) is 41.4 Å². The maximum Gasteiger partial charge on any atom is 0.279 e. The van der Waals surface area contributed by atoms with Crippen LogP contribution >= 0.6 is 0 Å². The predicted octanol–water partition coefficient (Wildman–Crippen LogP) is 1.99. The number of carbonyl (C=O) groups is 1. The summed E-state index contributed by atoms with van der Waals surface area (Å²) in [4.78, 5) is 16.1. The molecule has 1 amide bonds. The Labute approximate surface area is 161 Å². The van der Waals surface area contributed by atoms with Crippen molar-refractivity contribution < 1.29 is 14.4 Å². The van der Waals surface area contributed by atoms with Gasteiger partial charge in [0.15, 0.2) is 6.54 Å². The van der Waals surface area contributed by atoms with E-state index in [9.17, 15) is 4.79 Å². The Hall–Kier alpha value is -2.53. The lowest BCUT2D eigenvalue weighted by molar-refractivity contribution is -0.892. The molecule has 0 atom stereocenters. The highest BCUT2D eigenvalue weighted by Gasteiger charge is 2.24. The number of hydrogen-bond acceptors (Lipinski definition) is 3. The molecule has 144 valence electrons. The zero-order valence-electron chi connectivity index (χ0n) is 16.3. The van der Waals surface area contributed by atoms with Gasteiger partial charge in [-0.15, -0.1) is 0 Å². The molecule has 1 heterocycles. The first-order valence-electron chi connectivity index (χ1n) is 9.88. The molecule has 27 heavy (non-hydrogen) atoms. The molecule has 3 rings (SSSR count). The van der Waals surface area contributed by atoms with E-state index in [1.807, 2.05) is 31.2 Å². The molecule has 0 bridgehead atoms. The van der Waals surface area contributed by atoms with Crippen LogP contribution in [-0.2, 0) is 11.2 Å². The molecule has 0 aromatic heterocycles. The number of anilines is 2. The second kappa shape index (κ2) is 9.42. The van der Waals surface area contributed by atoms with Crippen LogP contribution in [0.2, 0.25) is 0 Å². The van der Waals surface area contributed by atoms with E-state index >= 15 is 0 Å². The minimum Gasteiger partial charge on any atom is -0.492 e. The molecule has 2 N–H and O–H groups in total. The van der Waals surface area contributed by atoms with Gasteiger partial charge in [-0.2, -0.15) is 0 Å². The second-order valence-electron chi connectivity index (χ2n) is 6.92. The van der Waals surface area contributed by atoms with Crippen molar-refractivity contribution >= 4 is 17.3 Å². The highest BCUT2D eigenvalue weighted by Crippen LogP contribution is 2.27. The molecule has 5 heteroatoms. The maximum absolute atomic E-state index is 12.4. The van der Waals surface area contributed by atoms with Crippen LogP contribution in [0.4, 0.5) is 11.4 Å². The third-order valence-electron chi connectivity index (χ3n) is 5.01. The topological polar surface area (TPSA) is 46.0 Å². The lowest BCUT2D eigenvalue weighted by Crippen LogP contribution is -3.15.